The molecule has 0 atom stereocenters. The number of hydrogen-bond acceptors (Lipinski definition) is 7. The average Bonchev–Trinajstić information content (AvgIpc) is 3.57. The SMILES string of the molecule is O=C(CSc1ccc(NC(=O)C(=Cc2ccc(-c3ccccc3)o2)NC(=O)c2ccccc2)cc1)Nc1ccc2c(c1)OCCO2. The van der Waals surface area contributed by atoms with Crippen LogP contribution in [0, 0.1) is 0 Å². The van der Waals surface area contributed by atoms with E-state index in [2.05, 4.69) is 16.0 Å². The van der Waals surface area contributed by atoms with Crippen molar-refractivity contribution in [3.05, 3.63) is 132 Å². The summed E-state index contributed by atoms with van der Waals surface area (Å²) in [6.45, 7) is 0.970. The number of carbonyl (C=O) groups excluding carboxylic acids is 3. The fraction of sp³-hybridized carbons (Fsp3) is 0.0833. The van der Waals surface area contributed by atoms with Crippen LogP contribution in [0.3, 0.4) is 0 Å². The molecule has 1 aliphatic heterocycles. The van der Waals surface area contributed by atoms with E-state index in [0.29, 0.717) is 53.2 Å². The second kappa shape index (κ2) is 14.4. The van der Waals surface area contributed by atoms with Gasteiger partial charge in [0.2, 0.25) is 5.91 Å². The number of carbonyl (C=O) groups is 3. The smallest absolute Gasteiger partial charge is 0.272 e. The standard InChI is InChI=1S/C36H29N3O6S/c40-34(37-27-13-17-32-33(21-27)44-20-19-43-32)23-46-29-15-11-26(12-16-29)38-36(42)30(39-35(41)25-9-5-2-6-10-25)22-28-14-18-31(45-28)24-7-3-1-4-8-24/h1-18,21-22H,19-20,23H2,(H,37,40)(H,38,42)(H,39,41). The first-order chi connectivity index (χ1) is 22.5. The van der Waals surface area contributed by atoms with Gasteiger partial charge in [0.1, 0.15) is 30.4 Å². The van der Waals surface area contributed by atoms with Crippen molar-refractivity contribution < 1.29 is 28.3 Å². The molecule has 9 nitrogen and oxygen atoms in total. The normalized spacial score (nSPS) is 12.2. The Morgan fingerprint density at radius 1 is 0.717 bits per heavy atom. The Kier molecular flexibility index (Phi) is 9.46. The van der Waals surface area contributed by atoms with Crippen LogP contribution in [0.4, 0.5) is 11.4 Å². The Bertz CT molecular complexity index is 1870. The highest BCUT2D eigenvalue weighted by molar-refractivity contribution is 8.00. The van der Waals surface area contributed by atoms with Gasteiger partial charge < -0.3 is 29.8 Å². The van der Waals surface area contributed by atoms with Gasteiger partial charge in [-0.3, -0.25) is 14.4 Å². The molecule has 0 unspecified atom stereocenters. The van der Waals surface area contributed by atoms with E-state index >= 15 is 0 Å². The lowest BCUT2D eigenvalue weighted by atomic mass is 10.2. The first kappa shape index (κ1) is 30.3. The Balaban J connectivity index is 1.10. The van der Waals surface area contributed by atoms with Gasteiger partial charge in [0.25, 0.3) is 11.8 Å². The third-order valence-electron chi connectivity index (χ3n) is 6.81. The van der Waals surface area contributed by atoms with E-state index in [4.69, 9.17) is 13.9 Å². The van der Waals surface area contributed by atoms with Crippen molar-refractivity contribution in [3.8, 4) is 22.8 Å². The van der Waals surface area contributed by atoms with Crippen LogP contribution in [0.15, 0.2) is 130 Å². The highest BCUT2D eigenvalue weighted by atomic mass is 32.2. The molecule has 46 heavy (non-hydrogen) atoms. The summed E-state index contributed by atoms with van der Waals surface area (Å²) in [4.78, 5) is 39.8. The molecule has 3 amide bonds. The van der Waals surface area contributed by atoms with Gasteiger partial charge in [0.15, 0.2) is 11.5 Å². The molecule has 4 aromatic carbocycles. The molecule has 6 rings (SSSR count). The maximum absolute atomic E-state index is 13.4. The predicted molar refractivity (Wildman–Crippen MR) is 178 cm³/mol. The summed E-state index contributed by atoms with van der Waals surface area (Å²) in [6, 6.07) is 34.1. The molecule has 0 radical (unpaired) electrons. The number of anilines is 2. The number of ether oxygens (including phenoxy) is 2. The molecule has 1 aliphatic rings. The summed E-state index contributed by atoms with van der Waals surface area (Å²) in [6.07, 6.45) is 1.49. The minimum absolute atomic E-state index is 0.0112. The van der Waals surface area contributed by atoms with E-state index in [-0.39, 0.29) is 17.4 Å². The number of benzene rings is 4. The minimum Gasteiger partial charge on any atom is -0.486 e. The molecule has 3 N–H and O–H groups in total. The first-order valence-corrected chi connectivity index (χ1v) is 15.5. The largest absolute Gasteiger partial charge is 0.486 e. The van der Waals surface area contributed by atoms with Gasteiger partial charge in [0.05, 0.1) is 5.75 Å². The molecule has 10 heteroatoms. The molecule has 0 spiro atoms. The third-order valence-corrected chi connectivity index (χ3v) is 7.82. The molecule has 0 saturated carbocycles. The topological polar surface area (TPSA) is 119 Å². The van der Waals surface area contributed by atoms with E-state index in [1.54, 1.807) is 60.7 Å². The fourth-order valence-electron chi connectivity index (χ4n) is 4.57. The van der Waals surface area contributed by atoms with Crippen LogP contribution in [-0.4, -0.2) is 36.7 Å². The number of thioether (sulfide) groups is 1. The van der Waals surface area contributed by atoms with E-state index in [9.17, 15) is 14.4 Å². The van der Waals surface area contributed by atoms with E-state index < -0.39 is 11.8 Å². The molecular weight excluding hydrogens is 602 g/mol. The molecule has 0 aliphatic carbocycles. The van der Waals surface area contributed by atoms with Gasteiger partial charge in [-0.1, -0.05) is 48.5 Å². The number of rotatable bonds is 10. The summed E-state index contributed by atoms with van der Waals surface area (Å²) >= 11 is 1.36. The maximum Gasteiger partial charge on any atom is 0.272 e. The lowest BCUT2D eigenvalue weighted by molar-refractivity contribution is -0.114. The molecule has 1 aromatic heterocycles. The zero-order chi connectivity index (χ0) is 31.7. The van der Waals surface area contributed by atoms with E-state index in [1.165, 1.54) is 17.8 Å². The third kappa shape index (κ3) is 7.85. The summed E-state index contributed by atoms with van der Waals surface area (Å²) in [7, 11) is 0. The van der Waals surface area contributed by atoms with Crippen molar-refractivity contribution in [3.63, 3.8) is 0 Å². The zero-order valence-corrected chi connectivity index (χ0v) is 25.3. The van der Waals surface area contributed by atoms with Gasteiger partial charge in [-0.05, 0) is 60.7 Å². The van der Waals surface area contributed by atoms with Crippen LogP contribution >= 0.6 is 11.8 Å². The zero-order valence-electron chi connectivity index (χ0n) is 24.5. The van der Waals surface area contributed by atoms with Gasteiger partial charge in [-0.15, -0.1) is 11.8 Å². The molecule has 5 aromatic rings. The van der Waals surface area contributed by atoms with Crippen LogP contribution in [0.1, 0.15) is 16.1 Å². The molecule has 230 valence electrons. The number of amides is 3. The maximum atomic E-state index is 13.4. The highest BCUT2D eigenvalue weighted by Crippen LogP contribution is 2.33. The lowest BCUT2D eigenvalue weighted by Crippen LogP contribution is -2.30. The van der Waals surface area contributed by atoms with Crippen molar-refractivity contribution in [1.29, 1.82) is 0 Å². The average molecular weight is 632 g/mol. The van der Waals surface area contributed by atoms with Crippen LogP contribution in [-0.2, 0) is 9.59 Å². The predicted octanol–water partition coefficient (Wildman–Crippen LogP) is 6.86. The number of furan rings is 1. The molecule has 0 saturated heterocycles. The molecule has 0 bridgehead atoms. The van der Waals surface area contributed by atoms with Crippen molar-refractivity contribution in [2.75, 3.05) is 29.6 Å². The fourth-order valence-corrected chi connectivity index (χ4v) is 5.27. The Hall–Kier alpha value is -5.74. The summed E-state index contributed by atoms with van der Waals surface area (Å²) in [5, 5.41) is 8.42. The van der Waals surface area contributed by atoms with Crippen LogP contribution in [0.25, 0.3) is 17.4 Å². The van der Waals surface area contributed by atoms with Gasteiger partial charge in [-0.2, -0.15) is 0 Å². The van der Waals surface area contributed by atoms with E-state index in [1.807, 2.05) is 54.6 Å². The van der Waals surface area contributed by atoms with Crippen molar-refractivity contribution in [2.45, 2.75) is 4.90 Å². The highest BCUT2D eigenvalue weighted by Gasteiger charge is 2.17. The summed E-state index contributed by atoms with van der Waals surface area (Å²) < 4.78 is 17.1. The number of nitrogens with one attached hydrogen (secondary N) is 3. The van der Waals surface area contributed by atoms with Gasteiger partial charge >= 0.3 is 0 Å². The summed E-state index contributed by atoms with van der Waals surface area (Å²) in [5.74, 6) is 1.36. The second-order valence-electron chi connectivity index (χ2n) is 10.1. The van der Waals surface area contributed by atoms with Crippen LogP contribution in [0.2, 0.25) is 0 Å². The first-order valence-electron chi connectivity index (χ1n) is 14.5. The number of hydrogen-bond donors (Lipinski definition) is 3. The van der Waals surface area contributed by atoms with Crippen molar-refractivity contribution in [1.82, 2.24) is 5.32 Å². The lowest BCUT2D eigenvalue weighted by Gasteiger charge is -2.19. The molecule has 2 heterocycles. The Labute approximate surface area is 269 Å². The summed E-state index contributed by atoms with van der Waals surface area (Å²) in [5.41, 5.74) is 2.45. The molecular formula is C36H29N3O6S. The Morgan fingerprint density at radius 2 is 1.41 bits per heavy atom. The number of fused-ring (bicyclic) bond motifs is 1. The van der Waals surface area contributed by atoms with Gasteiger partial charge in [-0.25, -0.2) is 0 Å². The molecule has 0 fully saturated rings. The van der Waals surface area contributed by atoms with Gasteiger partial charge in [0, 0.05) is 39.5 Å². The van der Waals surface area contributed by atoms with Crippen molar-refractivity contribution in [2.24, 2.45) is 0 Å². The Morgan fingerprint density at radius 3 is 2.17 bits per heavy atom. The van der Waals surface area contributed by atoms with Crippen molar-refractivity contribution >= 4 is 46.9 Å². The van der Waals surface area contributed by atoms with E-state index in [0.717, 1.165) is 10.5 Å². The van der Waals surface area contributed by atoms with Crippen LogP contribution in [0.5, 0.6) is 11.5 Å². The second-order valence-corrected chi connectivity index (χ2v) is 11.2. The quantitative estimate of drug-likeness (QED) is 0.114. The monoisotopic (exact) mass is 631 g/mol. The minimum atomic E-state index is -0.527. The van der Waals surface area contributed by atoms with Crippen LogP contribution < -0.4 is 25.4 Å².